The molecule has 2 aromatic carbocycles. The Hall–Kier alpha value is -3.41. The number of para-hydroxylation sites is 1. The quantitative estimate of drug-likeness (QED) is 0.617. The SMILES string of the molecule is Cc1nc2cc(C(=O)N(C)Cc3ccn[nH]3)ccc2n1-c1ccccc1. The highest BCUT2D eigenvalue weighted by Gasteiger charge is 2.16. The maximum atomic E-state index is 12.7. The van der Waals surface area contributed by atoms with Gasteiger partial charge < -0.3 is 4.90 Å². The topological polar surface area (TPSA) is 66.8 Å². The highest BCUT2D eigenvalue weighted by molar-refractivity contribution is 5.97. The normalized spacial score (nSPS) is 11.0. The van der Waals surface area contributed by atoms with E-state index < -0.39 is 0 Å². The van der Waals surface area contributed by atoms with Crippen LogP contribution in [0.1, 0.15) is 21.9 Å². The highest BCUT2D eigenvalue weighted by atomic mass is 16.2. The summed E-state index contributed by atoms with van der Waals surface area (Å²) in [6.07, 6.45) is 1.68. The molecule has 2 aromatic heterocycles. The van der Waals surface area contributed by atoms with Gasteiger partial charge in [0, 0.05) is 24.5 Å². The van der Waals surface area contributed by atoms with Crippen LogP contribution in [0.3, 0.4) is 0 Å². The van der Waals surface area contributed by atoms with Gasteiger partial charge in [0.15, 0.2) is 0 Å². The van der Waals surface area contributed by atoms with Crippen molar-refractivity contribution in [2.45, 2.75) is 13.5 Å². The van der Waals surface area contributed by atoms with Crippen LogP contribution in [0.2, 0.25) is 0 Å². The summed E-state index contributed by atoms with van der Waals surface area (Å²) in [6, 6.07) is 17.6. The second-order valence-electron chi connectivity index (χ2n) is 6.28. The number of hydrogen-bond acceptors (Lipinski definition) is 3. The molecular weight excluding hydrogens is 326 g/mol. The van der Waals surface area contributed by atoms with Gasteiger partial charge in [0.05, 0.1) is 23.3 Å². The van der Waals surface area contributed by atoms with Gasteiger partial charge in [-0.2, -0.15) is 5.10 Å². The predicted octanol–water partition coefficient (Wildman–Crippen LogP) is 3.33. The van der Waals surface area contributed by atoms with Crippen LogP contribution in [0.15, 0.2) is 60.8 Å². The van der Waals surface area contributed by atoms with Crippen LogP contribution in [0.4, 0.5) is 0 Å². The van der Waals surface area contributed by atoms with Crippen molar-refractivity contribution in [2.24, 2.45) is 0 Å². The van der Waals surface area contributed by atoms with Crippen LogP contribution >= 0.6 is 0 Å². The number of hydrogen-bond donors (Lipinski definition) is 1. The van der Waals surface area contributed by atoms with Crippen molar-refractivity contribution in [1.29, 1.82) is 0 Å². The van der Waals surface area contributed by atoms with Gasteiger partial charge in [0.25, 0.3) is 5.91 Å². The van der Waals surface area contributed by atoms with Crippen molar-refractivity contribution in [3.05, 3.63) is 77.9 Å². The van der Waals surface area contributed by atoms with E-state index in [9.17, 15) is 4.79 Å². The molecule has 130 valence electrons. The van der Waals surface area contributed by atoms with E-state index in [0.29, 0.717) is 12.1 Å². The molecule has 1 N–H and O–H groups in total. The fraction of sp³-hybridized carbons (Fsp3) is 0.150. The number of H-pyrrole nitrogens is 1. The Morgan fingerprint density at radius 3 is 2.69 bits per heavy atom. The minimum absolute atomic E-state index is 0.0478. The summed E-state index contributed by atoms with van der Waals surface area (Å²) in [5.74, 6) is 0.843. The Labute approximate surface area is 151 Å². The summed E-state index contributed by atoms with van der Waals surface area (Å²) in [6.45, 7) is 2.45. The lowest BCUT2D eigenvalue weighted by atomic mass is 10.1. The number of benzene rings is 2. The summed E-state index contributed by atoms with van der Waals surface area (Å²) in [5.41, 5.74) is 4.37. The zero-order valence-corrected chi connectivity index (χ0v) is 14.7. The Balaban J connectivity index is 1.67. The van der Waals surface area contributed by atoms with Crippen LogP contribution in [0, 0.1) is 6.92 Å². The van der Waals surface area contributed by atoms with E-state index in [1.807, 2.05) is 61.5 Å². The van der Waals surface area contributed by atoms with Crippen molar-refractivity contribution in [2.75, 3.05) is 7.05 Å². The standard InChI is InChI=1S/C20H19N5O/c1-14-22-18-12-15(20(26)24(2)13-16-10-11-21-23-16)8-9-19(18)25(14)17-6-4-3-5-7-17/h3-12H,13H2,1-2H3,(H,21,23). The first kappa shape index (κ1) is 16.1. The fourth-order valence-electron chi connectivity index (χ4n) is 3.16. The molecule has 26 heavy (non-hydrogen) atoms. The van der Waals surface area contributed by atoms with Gasteiger partial charge in [0.1, 0.15) is 5.82 Å². The van der Waals surface area contributed by atoms with E-state index in [4.69, 9.17) is 0 Å². The number of rotatable bonds is 4. The van der Waals surface area contributed by atoms with E-state index in [0.717, 1.165) is 28.2 Å². The molecule has 6 nitrogen and oxygen atoms in total. The second-order valence-corrected chi connectivity index (χ2v) is 6.28. The molecule has 0 aliphatic heterocycles. The van der Waals surface area contributed by atoms with Crippen molar-refractivity contribution in [3.8, 4) is 5.69 Å². The van der Waals surface area contributed by atoms with Gasteiger partial charge in [-0.3, -0.25) is 14.5 Å². The first-order valence-electron chi connectivity index (χ1n) is 8.42. The third-order valence-corrected chi connectivity index (χ3v) is 4.40. The molecule has 0 aliphatic carbocycles. The van der Waals surface area contributed by atoms with E-state index in [1.165, 1.54) is 0 Å². The summed E-state index contributed by atoms with van der Waals surface area (Å²) in [5, 5.41) is 6.79. The number of amides is 1. The molecule has 0 radical (unpaired) electrons. The van der Waals surface area contributed by atoms with Crippen molar-refractivity contribution in [1.82, 2.24) is 24.6 Å². The number of carbonyl (C=O) groups excluding carboxylic acids is 1. The Morgan fingerprint density at radius 1 is 1.15 bits per heavy atom. The van der Waals surface area contributed by atoms with E-state index in [2.05, 4.69) is 19.7 Å². The Bertz CT molecular complexity index is 1050. The van der Waals surface area contributed by atoms with Crippen LogP contribution in [0.25, 0.3) is 16.7 Å². The predicted molar refractivity (Wildman–Crippen MR) is 100 cm³/mol. The lowest BCUT2D eigenvalue weighted by Crippen LogP contribution is -2.26. The zero-order chi connectivity index (χ0) is 18.1. The van der Waals surface area contributed by atoms with Gasteiger partial charge in [-0.1, -0.05) is 18.2 Å². The first-order chi connectivity index (χ1) is 12.6. The molecule has 0 atom stereocenters. The molecule has 0 saturated carbocycles. The molecule has 0 unspecified atom stereocenters. The lowest BCUT2D eigenvalue weighted by molar-refractivity contribution is 0.0783. The number of fused-ring (bicyclic) bond motifs is 1. The van der Waals surface area contributed by atoms with Crippen molar-refractivity contribution >= 4 is 16.9 Å². The van der Waals surface area contributed by atoms with Gasteiger partial charge in [-0.15, -0.1) is 0 Å². The molecule has 4 aromatic rings. The lowest BCUT2D eigenvalue weighted by Gasteiger charge is -2.16. The van der Waals surface area contributed by atoms with E-state index in [1.54, 1.807) is 18.1 Å². The van der Waals surface area contributed by atoms with Gasteiger partial charge in [-0.25, -0.2) is 4.98 Å². The van der Waals surface area contributed by atoms with E-state index >= 15 is 0 Å². The average Bonchev–Trinajstić information content (AvgIpc) is 3.27. The summed E-state index contributed by atoms with van der Waals surface area (Å²) in [7, 11) is 1.78. The highest BCUT2D eigenvalue weighted by Crippen LogP contribution is 2.23. The summed E-state index contributed by atoms with van der Waals surface area (Å²) < 4.78 is 2.10. The van der Waals surface area contributed by atoms with Gasteiger partial charge in [0.2, 0.25) is 0 Å². The maximum Gasteiger partial charge on any atom is 0.254 e. The maximum absolute atomic E-state index is 12.7. The largest absolute Gasteiger partial charge is 0.336 e. The van der Waals surface area contributed by atoms with Crippen LogP contribution in [-0.4, -0.2) is 37.6 Å². The average molecular weight is 345 g/mol. The third-order valence-electron chi connectivity index (χ3n) is 4.40. The van der Waals surface area contributed by atoms with Gasteiger partial charge in [-0.05, 0) is 43.3 Å². The number of nitrogens with zero attached hydrogens (tertiary/aromatic N) is 4. The number of imidazole rings is 1. The summed E-state index contributed by atoms with van der Waals surface area (Å²) >= 11 is 0. The van der Waals surface area contributed by atoms with Crippen LogP contribution in [0.5, 0.6) is 0 Å². The number of nitrogens with one attached hydrogen (secondary N) is 1. The molecule has 0 fully saturated rings. The summed E-state index contributed by atoms with van der Waals surface area (Å²) in [4.78, 5) is 19.0. The number of aromatic amines is 1. The molecule has 4 rings (SSSR count). The zero-order valence-electron chi connectivity index (χ0n) is 14.7. The van der Waals surface area contributed by atoms with Crippen molar-refractivity contribution in [3.63, 3.8) is 0 Å². The molecule has 0 aliphatic rings. The van der Waals surface area contributed by atoms with E-state index in [-0.39, 0.29) is 5.91 Å². The number of carbonyl (C=O) groups is 1. The molecule has 0 spiro atoms. The monoisotopic (exact) mass is 345 g/mol. The Morgan fingerprint density at radius 2 is 1.96 bits per heavy atom. The smallest absolute Gasteiger partial charge is 0.254 e. The molecular formula is C20H19N5O. The molecule has 0 saturated heterocycles. The number of aromatic nitrogens is 4. The van der Waals surface area contributed by atoms with Crippen LogP contribution < -0.4 is 0 Å². The fourth-order valence-corrected chi connectivity index (χ4v) is 3.16. The number of aryl methyl sites for hydroxylation is 1. The molecule has 2 heterocycles. The van der Waals surface area contributed by atoms with Crippen LogP contribution in [-0.2, 0) is 6.54 Å². The van der Waals surface area contributed by atoms with Crippen molar-refractivity contribution < 1.29 is 4.79 Å². The minimum atomic E-state index is -0.0478. The minimum Gasteiger partial charge on any atom is -0.336 e. The Kier molecular flexibility index (Phi) is 4.01. The third kappa shape index (κ3) is 2.86. The first-order valence-corrected chi connectivity index (χ1v) is 8.42. The molecule has 6 heteroatoms. The van der Waals surface area contributed by atoms with Gasteiger partial charge >= 0.3 is 0 Å². The second kappa shape index (κ2) is 6.48. The molecule has 1 amide bonds. The molecule has 0 bridgehead atoms.